The second kappa shape index (κ2) is 8.88. The highest BCUT2D eigenvalue weighted by molar-refractivity contribution is 7.89. The first-order valence-electron chi connectivity index (χ1n) is 9.83. The van der Waals surface area contributed by atoms with Crippen molar-refractivity contribution in [1.29, 1.82) is 0 Å². The molecule has 28 heavy (non-hydrogen) atoms. The summed E-state index contributed by atoms with van der Waals surface area (Å²) in [5.74, 6) is -0.0787. The van der Waals surface area contributed by atoms with Gasteiger partial charge in [-0.25, -0.2) is 8.42 Å². The molecule has 1 fully saturated rings. The van der Waals surface area contributed by atoms with Crippen LogP contribution in [0, 0.1) is 6.92 Å². The van der Waals surface area contributed by atoms with Crippen LogP contribution in [-0.4, -0.2) is 38.3 Å². The molecule has 150 valence electrons. The molecule has 0 radical (unpaired) electrons. The minimum atomic E-state index is -3.57. The molecule has 2 aromatic carbocycles. The number of nitrogens with zero attached hydrogens (tertiary/aromatic N) is 1. The molecule has 3 rings (SSSR count). The van der Waals surface area contributed by atoms with Crippen molar-refractivity contribution >= 4 is 15.9 Å². The quantitative estimate of drug-likeness (QED) is 0.804. The largest absolute Gasteiger partial charge is 0.351 e. The number of hydrogen-bond donors (Lipinski definition) is 1. The lowest BCUT2D eigenvalue weighted by molar-refractivity contribution is 0.0951. The number of carbonyl (C=O) groups excluding carboxylic acids is 1. The number of aryl methyl sites for hydroxylation is 1. The fraction of sp³-hybridized carbons (Fsp3) is 0.409. The van der Waals surface area contributed by atoms with E-state index in [1.165, 1.54) is 10.4 Å². The Hall–Kier alpha value is -2.18. The number of amides is 1. The van der Waals surface area contributed by atoms with Crippen LogP contribution in [-0.2, 0) is 10.0 Å². The van der Waals surface area contributed by atoms with Gasteiger partial charge in [0, 0.05) is 25.2 Å². The van der Waals surface area contributed by atoms with Crippen molar-refractivity contribution in [2.24, 2.45) is 0 Å². The molecule has 1 saturated heterocycles. The molecule has 0 bridgehead atoms. The van der Waals surface area contributed by atoms with Crippen LogP contribution in [0.25, 0.3) is 0 Å². The topological polar surface area (TPSA) is 66.5 Å². The van der Waals surface area contributed by atoms with Gasteiger partial charge in [-0.05, 0) is 48.9 Å². The van der Waals surface area contributed by atoms with Crippen LogP contribution in [0.2, 0.25) is 0 Å². The summed E-state index contributed by atoms with van der Waals surface area (Å²) in [6.07, 6.45) is 2.83. The summed E-state index contributed by atoms with van der Waals surface area (Å²) in [5.41, 5.74) is 2.20. The van der Waals surface area contributed by atoms with E-state index in [-0.39, 0.29) is 16.7 Å². The van der Waals surface area contributed by atoms with Gasteiger partial charge in [0.2, 0.25) is 10.0 Å². The molecule has 5 nitrogen and oxygen atoms in total. The average Bonchev–Trinajstić information content (AvgIpc) is 2.73. The fourth-order valence-electron chi connectivity index (χ4n) is 3.51. The zero-order valence-corrected chi connectivity index (χ0v) is 17.3. The molecule has 0 aromatic heterocycles. The number of carbonyl (C=O) groups is 1. The van der Waals surface area contributed by atoms with Crippen molar-refractivity contribution in [3.63, 3.8) is 0 Å². The van der Waals surface area contributed by atoms with Crippen molar-refractivity contribution < 1.29 is 13.2 Å². The smallest absolute Gasteiger partial charge is 0.251 e. The third-order valence-electron chi connectivity index (χ3n) is 5.32. The first-order chi connectivity index (χ1) is 13.4. The van der Waals surface area contributed by atoms with Gasteiger partial charge in [-0.3, -0.25) is 4.79 Å². The Kier molecular flexibility index (Phi) is 6.52. The lowest BCUT2D eigenvalue weighted by Crippen LogP contribution is -2.36. The number of nitrogens with one attached hydrogen (secondary N) is 1. The Labute approximate surface area is 167 Å². The maximum absolute atomic E-state index is 13.0. The maximum atomic E-state index is 13.0. The highest BCUT2D eigenvalue weighted by Gasteiger charge is 2.28. The minimum Gasteiger partial charge on any atom is -0.351 e. The fourth-order valence-corrected chi connectivity index (χ4v) is 5.28. The van der Waals surface area contributed by atoms with Crippen molar-refractivity contribution in [2.45, 2.75) is 43.9 Å². The predicted octanol–water partition coefficient (Wildman–Crippen LogP) is 3.70. The summed E-state index contributed by atoms with van der Waals surface area (Å²) in [5, 5.41) is 2.93. The van der Waals surface area contributed by atoms with Gasteiger partial charge in [-0.2, -0.15) is 4.31 Å². The van der Waals surface area contributed by atoms with Gasteiger partial charge in [-0.1, -0.05) is 49.7 Å². The molecule has 1 heterocycles. The summed E-state index contributed by atoms with van der Waals surface area (Å²) in [6, 6.07) is 14.9. The molecule has 1 N–H and O–H groups in total. The van der Waals surface area contributed by atoms with E-state index in [2.05, 4.69) is 12.2 Å². The van der Waals surface area contributed by atoms with Gasteiger partial charge in [0.25, 0.3) is 5.91 Å². The zero-order chi connectivity index (χ0) is 20.1. The molecular formula is C22H28N2O3S. The molecule has 6 heteroatoms. The third-order valence-corrected chi connectivity index (χ3v) is 7.36. The Morgan fingerprint density at radius 3 is 2.43 bits per heavy atom. The lowest BCUT2D eigenvalue weighted by Gasteiger charge is -2.26. The van der Waals surface area contributed by atoms with E-state index in [0.29, 0.717) is 30.8 Å². The number of hydrogen-bond acceptors (Lipinski definition) is 3. The van der Waals surface area contributed by atoms with Gasteiger partial charge >= 0.3 is 0 Å². The van der Waals surface area contributed by atoms with Crippen LogP contribution in [0.15, 0.2) is 53.4 Å². The standard InChI is InChI=1S/C22H28N2O3S/c1-17-11-12-20(15-21(17)28(26,27)24-13-7-4-8-14-24)22(25)23-16-18(2)19-9-5-3-6-10-19/h3,5-6,9-12,15,18H,4,7-8,13-14,16H2,1-2H3,(H,23,25)/t18-/m0/s1. The van der Waals surface area contributed by atoms with E-state index in [1.807, 2.05) is 30.3 Å². The second-order valence-corrected chi connectivity index (χ2v) is 9.37. The van der Waals surface area contributed by atoms with Gasteiger partial charge in [0.1, 0.15) is 0 Å². The average molecular weight is 401 g/mol. The molecule has 1 amide bonds. The number of benzene rings is 2. The van der Waals surface area contributed by atoms with Gasteiger partial charge < -0.3 is 5.32 Å². The molecule has 1 atom stereocenters. The SMILES string of the molecule is Cc1ccc(C(=O)NC[C@H](C)c2ccccc2)cc1S(=O)(=O)N1CCCCC1. The van der Waals surface area contributed by atoms with Gasteiger partial charge in [-0.15, -0.1) is 0 Å². The molecule has 0 saturated carbocycles. The van der Waals surface area contributed by atoms with Crippen LogP contribution in [0.1, 0.15) is 53.6 Å². The molecule has 1 aliphatic heterocycles. The number of rotatable bonds is 6. The Bertz CT molecular complexity index is 920. The normalized spacial score (nSPS) is 16.5. The summed E-state index contributed by atoms with van der Waals surface area (Å²) < 4.78 is 27.6. The Morgan fingerprint density at radius 2 is 1.75 bits per heavy atom. The number of piperidine rings is 1. The maximum Gasteiger partial charge on any atom is 0.251 e. The summed E-state index contributed by atoms with van der Waals surface area (Å²) in [7, 11) is -3.57. The monoisotopic (exact) mass is 400 g/mol. The van der Waals surface area contributed by atoms with Crippen LogP contribution in [0.4, 0.5) is 0 Å². The molecule has 2 aromatic rings. The van der Waals surface area contributed by atoms with E-state index < -0.39 is 10.0 Å². The van der Waals surface area contributed by atoms with E-state index in [0.717, 1.165) is 24.8 Å². The van der Waals surface area contributed by atoms with Crippen LogP contribution >= 0.6 is 0 Å². The highest BCUT2D eigenvalue weighted by atomic mass is 32.2. The van der Waals surface area contributed by atoms with Crippen molar-refractivity contribution in [3.05, 3.63) is 65.2 Å². The molecule has 0 spiro atoms. The number of sulfonamides is 1. The predicted molar refractivity (Wildman–Crippen MR) is 111 cm³/mol. The van der Waals surface area contributed by atoms with Crippen LogP contribution in [0.3, 0.4) is 0 Å². The second-order valence-electron chi connectivity index (χ2n) is 7.47. The molecule has 1 aliphatic rings. The van der Waals surface area contributed by atoms with Crippen LogP contribution in [0.5, 0.6) is 0 Å². The van der Waals surface area contributed by atoms with Crippen molar-refractivity contribution in [1.82, 2.24) is 9.62 Å². The van der Waals surface area contributed by atoms with E-state index >= 15 is 0 Å². The Morgan fingerprint density at radius 1 is 1.07 bits per heavy atom. The zero-order valence-electron chi connectivity index (χ0n) is 16.5. The van der Waals surface area contributed by atoms with Gasteiger partial charge in [0.15, 0.2) is 0 Å². The van der Waals surface area contributed by atoms with Gasteiger partial charge in [0.05, 0.1) is 4.90 Å². The van der Waals surface area contributed by atoms with Crippen molar-refractivity contribution in [2.75, 3.05) is 19.6 Å². The van der Waals surface area contributed by atoms with Crippen molar-refractivity contribution in [3.8, 4) is 0 Å². The molecular weight excluding hydrogens is 372 g/mol. The Balaban J connectivity index is 1.74. The lowest BCUT2D eigenvalue weighted by atomic mass is 10.0. The first kappa shape index (κ1) is 20.6. The van der Waals surface area contributed by atoms with E-state index in [4.69, 9.17) is 0 Å². The molecule has 0 aliphatic carbocycles. The summed E-state index contributed by atoms with van der Waals surface area (Å²) in [4.78, 5) is 12.9. The molecule has 0 unspecified atom stereocenters. The summed E-state index contributed by atoms with van der Waals surface area (Å²) >= 11 is 0. The third kappa shape index (κ3) is 4.62. The summed E-state index contributed by atoms with van der Waals surface area (Å²) in [6.45, 7) is 5.41. The van der Waals surface area contributed by atoms with E-state index in [1.54, 1.807) is 19.1 Å². The minimum absolute atomic E-state index is 0.173. The van der Waals surface area contributed by atoms with Crippen LogP contribution < -0.4 is 5.32 Å². The highest BCUT2D eigenvalue weighted by Crippen LogP contribution is 2.24. The first-order valence-corrected chi connectivity index (χ1v) is 11.3. The van der Waals surface area contributed by atoms with E-state index in [9.17, 15) is 13.2 Å².